The third-order valence-corrected chi connectivity index (χ3v) is 4.06. The first-order valence-corrected chi connectivity index (χ1v) is 6.82. The van der Waals surface area contributed by atoms with Crippen LogP contribution in [0.1, 0.15) is 19.3 Å². The Labute approximate surface area is 104 Å². The fourth-order valence-electron chi connectivity index (χ4n) is 1.78. The van der Waals surface area contributed by atoms with Gasteiger partial charge in [-0.1, -0.05) is 6.42 Å². The molecule has 17 heavy (non-hydrogen) atoms. The summed E-state index contributed by atoms with van der Waals surface area (Å²) in [5, 5.41) is 7.35. The van der Waals surface area contributed by atoms with E-state index in [1.54, 1.807) is 0 Å². The molecule has 2 rings (SSSR count). The Kier molecular flexibility index (Phi) is 4.24. The number of carbonyl (C=O) groups is 1. The number of amides is 1. The van der Waals surface area contributed by atoms with Crippen molar-refractivity contribution >= 4 is 23.6 Å². The van der Waals surface area contributed by atoms with Crippen molar-refractivity contribution in [2.24, 2.45) is 0 Å². The van der Waals surface area contributed by atoms with Gasteiger partial charge in [-0.25, -0.2) is 9.67 Å². The second-order valence-corrected chi connectivity index (χ2v) is 5.50. The Hall–Kier alpha value is -1.24. The third kappa shape index (κ3) is 3.92. The molecule has 0 aromatic carbocycles. The van der Waals surface area contributed by atoms with Crippen LogP contribution in [0.15, 0.2) is 6.33 Å². The van der Waals surface area contributed by atoms with Crippen molar-refractivity contribution < 1.29 is 4.79 Å². The molecule has 1 saturated heterocycles. The van der Waals surface area contributed by atoms with Crippen molar-refractivity contribution in [3.05, 3.63) is 6.33 Å². The molecule has 1 amide bonds. The first kappa shape index (κ1) is 12.2. The van der Waals surface area contributed by atoms with E-state index in [0.29, 0.717) is 5.25 Å². The van der Waals surface area contributed by atoms with E-state index < -0.39 is 0 Å². The maximum Gasteiger partial charge on any atom is 0.241 e. The lowest BCUT2D eigenvalue weighted by molar-refractivity contribution is -0.121. The lowest BCUT2D eigenvalue weighted by Gasteiger charge is -2.21. The molecular formula is C10H17N5OS. The van der Waals surface area contributed by atoms with Crippen LogP contribution in [-0.2, 0) is 11.3 Å². The number of thioether (sulfide) groups is 1. The minimum absolute atomic E-state index is 0.0407. The van der Waals surface area contributed by atoms with Gasteiger partial charge in [0, 0.05) is 11.8 Å². The van der Waals surface area contributed by atoms with Crippen LogP contribution in [0.3, 0.4) is 0 Å². The summed E-state index contributed by atoms with van der Waals surface area (Å²) >= 11 is 1.95. The number of rotatable bonds is 4. The standard InChI is InChI=1S/C10H17N5OS/c11-10-13-7-15(14-10)6-9(16)12-5-8-3-1-2-4-17-8/h7-8H,1-6H2,(H2,11,14)(H,12,16). The van der Waals surface area contributed by atoms with E-state index in [1.807, 2.05) is 11.8 Å². The summed E-state index contributed by atoms with van der Waals surface area (Å²) < 4.78 is 1.44. The van der Waals surface area contributed by atoms with E-state index >= 15 is 0 Å². The highest BCUT2D eigenvalue weighted by Gasteiger charge is 2.14. The fourth-order valence-corrected chi connectivity index (χ4v) is 3.02. The third-order valence-electron chi connectivity index (χ3n) is 2.66. The maximum atomic E-state index is 11.6. The normalized spacial score (nSPS) is 20.1. The molecule has 0 bridgehead atoms. The number of nitrogens with two attached hydrogens (primary N) is 1. The highest BCUT2D eigenvalue weighted by molar-refractivity contribution is 7.99. The molecule has 3 N–H and O–H groups in total. The topological polar surface area (TPSA) is 85.8 Å². The summed E-state index contributed by atoms with van der Waals surface area (Å²) in [5.41, 5.74) is 5.37. The number of nitrogens with one attached hydrogen (secondary N) is 1. The quantitative estimate of drug-likeness (QED) is 0.806. The molecule has 2 heterocycles. The number of hydrogen-bond donors (Lipinski definition) is 2. The molecule has 1 fully saturated rings. The molecule has 1 aromatic rings. The van der Waals surface area contributed by atoms with E-state index in [4.69, 9.17) is 5.73 Å². The largest absolute Gasteiger partial charge is 0.367 e. The molecule has 1 atom stereocenters. The minimum Gasteiger partial charge on any atom is -0.367 e. The summed E-state index contributed by atoms with van der Waals surface area (Å²) in [6.07, 6.45) is 5.23. The second-order valence-electron chi connectivity index (χ2n) is 4.09. The van der Waals surface area contributed by atoms with Crippen molar-refractivity contribution in [2.75, 3.05) is 18.0 Å². The van der Waals surface area contributed by atoms with Gasteiger partial charge in [-0.15, -0.1) is 5.10 Å². The van der Waals surface area contributed by atoms with Gasteiger partial charge in [-0.05, 0) is 18.6 Å². The van der Waals surface area contributed by atoms with Crippen molar-refractivity contribution in [3.8, 4) is 0 Å². The Morgan fingerprint density at radius 2 is 2.53 bits per heavy atom. The van der Waals surface area contributed by atoms with Gasteiger partial charge in [0.15, 0.2) is 0 Å². The Morgan fingerprint density at radius 3 is 3.18 bits per heavy atom. The molecule has 1 aromatic heterocycles. The zero-order valence-corrected chi connectivity index (χ0v) is 10.4. The molecule has 0 spiro atoms. The fraction of sp³-hybridized carbons (Fsp3) is 0.700. The zero-order valence-electron chi connectivity index (χ0n) is 9.63. The molecule has 1 unspecified atom stereocenters. The zero-order chi connectivity index (χ0) is 12.1. The van der Waals surface area contributed by atoms with Gasteiger partial charge >= 0.3 is 0 Å². The Bertz CT molecular complexity index is 375. The van der Waals surface area contributed by atoms with Gasteiger partial charge < -0.3 is 11.1 Å². The smallest absolute Gasteiger partial charge is 0.241 e. The van der Waals surface area contributed by atoms with Crippen LogP contribution in [0.5, 0.6) is 0 Å². The molecule has 94 valence electrons. The number of aromatic nitrogens is 3. The van der Waals surface area contributed by atoms with Crippen molar-refractivity contribution in [1.29, 1.82) is 0 Å². The number of carbonyl (C=O) groups excluding carboxylic acids is 1. The molecule has 7 heteroatoms. The van der Waals surface area contributed by atoms with E-state index in [0.717, 1.165) is 6.54 Å². The summed E-state index contributed by atoms with van der Waals surface area (Å²) in [7, 11) is 0. The molecule has 1 aliphatic rings. The number of anilines is 1. The second kappa shape index (κ2) is 5.90. The molecule has 0 radical (unpaired) electrons. The number of nitrogen functional groups attached to an aromatic ring is 1. The van der Waals surface area contributed by atoms with Gasteiger partial charge in [0.25, 0.3) is 0 Å². The summed E-state index contributed by atoms with van der Waals surface area (Å²) in [6, 6.07) is 0. The highest BCUT2D eigenvalue weighted by atomic mass is 32.2. The first-order valence-electron chi connectivity index (χ1n) is 5.77. The average Bonchev–Trinajstić information content (AvgIpc) is 2.73. The van der Waals surface area contributed by atoms with E-state index in [2.05, 4.69) is 15.4 Å². The lowest BCUT2D eigenvalue weighted by Crippen LogP contribution is -2.34. The lowest BCUT2D eigenvalue weighted by atomic mass is 10.2. The summed E-state index contributed by atoms with van der Waals surface area (Å²) in [4.78, 5) is 15.4. The van der Waals surface area contributed by atoms with Crippen molar-refractivity contribution in [3.63, 3.8) is 0 Å². The molecule has 1 aliphatic heterocycles. The van der Waals surface area contributed by atoms with Crippen LogP contribution < -0.4 is 11.1 Å². The summed E-state index contributed by atoms with van der Waals surface area (Å²) in [6.45, 7) is 0.926. The van der Waals surface area contributed by atoms with E-state index in [-0.39, 0.29) is 18.4 Å². The monoisotopic (exact) mass is 255 g/mol. The van der Waals surface area contributed by atoms with E-state index in [9.17, 15) is 4.79 Å². The van der Waals surface area contributed by atoms with Crippen LogP contribution >= 0.6 is 11.8 Å². The number of nitrogens with zero attached hydrogens (tertiary/aromatic N) is 3. The SMILES string of the molecule is Nc1ncn(CC(=O)NCC2CCCCS2)n1. The Balaban J connectivity index is 1.70. The van der Waals surface area contributed by atoms with Gasteiger partial charge in [-0.3, -0.25) is 4.79 Å². The van der Waals surface area contributed by atoms with Gasteiger partial charge in [-0.2, -0.15) is 11.8 Å². The van der Waals surface area contributed by atoms with Gasteiger partial charge in [0.05, 0.1) is 0 Å². The van der Waals surface area contributed by atoms with Crippen molar-refractivity contribution in [2.45, 2.75) is 31.1 Å². The van der Waals surface area contributed by atoms with Crippen LogP contribution in [0.4, 0.5) is 5.95 Å². The predicted octanol–water partition coefficient (Wildman–Crippen LogP) is 0.262. The predicted molar refractivity (Wildman–Crippen MR) is 67.5 cm³/mol. The van der Waals surface area contributed by atoms with E-state index in [1.165, 1.54) is 36.0 Å². The van der Waals surface area contributed by atoms with Crippen LogP contribution in [-0.4, -0.2) is 38.2 Å². The van der Waals surface area contributed by atoms with Crippen LogP contribution in [0.25, 0.3) is 0 Å². The van der Waals surface area contributed by atoms with Crippen molar-refractivity contribution in [1.82, 2.24) is 20.1 Å². The first-order chi connectivity index (χ1) is 8.24. The Morgan fingerprint density at radius 1 is 1.65 bits per heavy atom. The molecule has 0 aliphatic carbocycles. The molecule has 6 nitrogen and oxygen atoms in total. The van der Waals surface area contributed by atoms with Gasteiger partial charge in [0.1, 0.15) is 12.9 Å². The molecular weight excluding hydrogens is 238 g/mol. The van der Waals surface area contributed by atoms with Crippen LogP contribution in [0.2, 0.25) is 0 Å². The highest BCUT2D eigenvalue weighted by Crippen LogP contribution is 2.24. The average molecular weight is 255 g/mol. The maximum absolute atomic E-state index is 11.6. The van der Waals surface area contributed by atoms with Gasteiger partial charge in [0.2, 0.25) is 11.9 Å². The minimum atomic E-state index is -0.0407. The number of hydrogen-bond acceptors (Lipinski definition) is 5. The van der Waals surface area contributed by atoms with Crippen LogP contribution in [0, 0.1) is 0 Å². The summed E-state index contributed by atoms with van der Waals surface area (Å²) in [5.74, 6) is 1.36. The molecule has 0 saturated carbocycles.